The van der Waals surface area contributed by atoms with Crippen LogP contribution >= 0.6 is 0 Å². The third kappa shape index (κ3) is 2.98. The van der Waals surface area contributed by atoms with E-state index in [0.717, 1.165) is 32.0 Å². The Balaban J connectivity index is 1.96. The lowest BCUT2D eigenvalue weighted by molar-refractivity contribution is 0.0191. The molecule has 1 aliphatic heterocycles. The molecule has 1 fully saturated rings. The van der Waals surface area contributed by atoms with Crippen molar-refractivity contribution in [1.82, 2.24) is 5.32 Å². The van der Waals surface area contributed by atoms with Gasteiger partial charge in [0.05, 0.1) is 12.7 Å². The molecule has 1 heterocycles. The standard InChI is InChI=1S/C12H13F3NO/c13-10-2-1-8(11(14)12(10)15)7-17-9-3-5-16-6-4-9/h1-2,9H,3-7H2. The van der Waals surface area contributed by atoms with Crippen LogP contribution in [0, 0.1) is 17.5 Å². The third-order valence-corrected chi connectivity index (χ3v) is 2.81. The van der Waals surface area contributed by atoms with Crippen molar-refractivity contribution < 1.29 is 17.9 Å². The number of benzene rings is 1. The van der Waals surface area contributed by atoms with E-state index in [-0.39, 0.29) is 18.3 Å². The summed E-state index contributed by atoms with van der Waals surface area (Å²) in [5.41, 5.74) is 0.0476. The highest BCUT2D eigenvalue weighted by molar-refractivity contribution is 5.19. The molecule has 1 aromatic rings. The Bertz CT molecular complexity index is 392. The molecule has 2 nitrogen and oxygen atoms in total. The first-order valence-electron chi connectivity index (χ1n) is 5.55. The highest BCUT2D eigenvalue weighted by Crippen LogP contribution is 2.18. The van der Waals surface area contributed by atoms with Crippen molar-refractivity contribution in [3.05, 3.63) is 35.1 Å². The molecule has 5 heteroatoms. The van der Waals surface area contributed by atoms with E-state index in [1.165, 1.54) is 6.07 Å². The second-order valence-corrected chi connectivity index (χ2v) is 4.02. The topological polar surface area (TPSA) is 23.3 Å². The van der Waals surface area contributed by atoms with Gasteiger partial charge in [0.15, 0.2) is 17.5 Å². The first-order chi connectivity index (χ1) is 8.18. The molecule has 0 unspecified atom stereocenters. The summed E-state index contributed by atoms with van der Waals surface area (Å²) < 4.78 is 44.4. The van der Waals surface area contributed by atoms with Crippen molar-refractivity contribution in [3.8, 4) is 0 Å². The van der Waals surface area contributed by atoms with E-state index in [0.29, 0.717) is 0 Å². The van der Waals surface area contributed by atoms with Crippen molar-refractivity contribution in [1.29, 1.82) is 0 Å². The summed E-state index contributed by atoms with van der Waals surface area (Å²) in [6.07, 6.45) is 1.62. The molecule has 0 atom stereocenters. The maximum atomic E-state index is 13.3. The van der Waals surface area contributed by atoms with E-state index in [4.69, 9.17) is 4.74 Å². The van der Waals surface area contributed by atoms with Crippen LogP contribution in [0.4, 0.5) is 13.2 Å². The monoisotopic (exact) mass is 244 g/mol. The molecule has 0 bridgehead atoms. The highest BCUT2D eigenvalue weighted by Gasteiger charge is 2.17. The number of hydrogen-bond donors (Lipinski definition) is 0. The minimum Gasteiger partial charge on any atom is -0.373 e. The number of nitrogens with zero attached hydrogens (tertiary/aromatic N) is 1. The summed E-state index contributed by atoms with van der Waals surface area (Å²) >= 11 is 0. The van der Waals surface area contributed by atoms with Gasteiger partial charge in [0.1, 0.15) is 0 Å². The Labute approximate surface area is 97.8 Å². The maximum absolute atomic E-state index is 13.3. The summed E-state index contributed by atoms with van der Waals surface area (Å²) in [7, 11) is 0. The largest absolute Gasteiger partial charge is 0.373 e. The number of ether oxygens (including phenoxy) is 1. The second-order valence-electron chi connectivity index (χ2n) is 4.02. The van der Waals surface area contributed by atoms with Crippen LogP contribution in [0.5, 0.6) is 0 Å². The lowest BCUT2D eigenvalue weighted by atomic mass is 10.1. The average Bonchev–Trinajstić information content (AvgIpc) is 2.36. The summed E-state index contributed by atoms with van der Waals surface area (Å²) in [4.78, 5) is 0. The van der Waals surface area contributed by atoms with Crippen molar-refractivity contribution in [2.45, 2.75) is 25.6 Å². The molecule has 0 amide bonds. The van der Waals surface area contributed by atoms with Crippen molar-refractivity contribution in [3.63, 3.8) is 0 Å². The third-order valence-electron chi connectivity index (χ3n) is 2.81. The number of hydrogen-bond acceptors (Lipinski definition) is 1. The van der Waals surface area contributed by atoms with Gasteiger partial charge in [0.2, 0.25) is 0 Å². The molecule has 0 saturated carbocycles. The molecular formula is C12H13F3NO. The van der Waals surface area contributed by atoms with Crippen LogP contribution in [0.3, 0.4) is 0 Å². The van der Waals surface area contributed by atoms with Gasteiger partial charge in [-0.2, -0.15) is 0 Å². The fraction of sp³-hybridized carbons (Fsp3) is 0.500. The lowest BCUT2D eigenvalue weighted by Crippen LogP contribution is -2.28. The predicted molar refractivity (Wildman–Crippen MR) is 56.0 cm³/mol. The Morgan fingerprint density at radius 3 is 2.53 bits per heavy atom. The first-order valence-corrected chi connectivity index (χ1v) is 5.55. The van der Waals surface area contributed by atoms with Gasteiger partial charge in [-0.05, 0) is 18.9 Å². The smallest absolute Gasteiger partial charge is 0.194 e. The van der Waals surface area contributed by atoms with Crippen LogP contribution in [-0.4, -0.2) is 19.2 Å². The summed E-state index contributed by atoms with van der Waals surface area (Å²) in [6, 6.07) is 2.12. The van der Waals surface area contributed by atoms with E-state index >= 15 is 0 Å². The lowest BCUT2D eigenvalue weighted by Gasteiger charge is -2.22. The minimum absolute atomic E-state index is 0.0278. The predicted octanol–water partition coefficient (Wildman–Crippen LogP) is 2.39. The van der Waals surface area contributed by atoms with Crippen molar-refractivity contribution in [2.75, 3.05) is 13.1 Å². The van der Waals surface area contributed by atoms with Gasteiger partial charge in [-0.25, -0.2) is 18.5 Å². The van der Waals surface area contributed by atoms with Crippen LogP contribution in [0.2, 0.25) is 0 Å². The Morgan fingerprint density at radius 2 is 1.82 bits per heavy atom. The number of rotatable bonds is 3. The van der Waals surface area contributed by atoms with Gasteiger partial charge in [-0.15, -0.1) is 0 Å². The fourth-order valence-electron chi connectivity index (χ4n) is 1.78. The van der Waals surface area contributed by atoms with Gasteiger partial charge in [-0.1, -0.05) is 6.07 Å². The highest BCUT2D eigenvalue weighted by atomic mass is 19.2. The Kier molecular flexibility index (Phi) is 4.02. The first kappa shape index (κ1) is 12.4. The van der Waals surface area contributed by atoms with E-state index in [9.17, 15) is 13.2 Å². The molecule has 0 spiro atoms. The van der Waals surface area contributed by atoms with Crippen LogP contribution < -0.4 is 5.32 Å². The molecule has 0 N–H and O–H groups in total. The van der Waals surface area contributed by atoms with Crippen LogP contribution in [0.1, 0.15) is 18.4 Å². The second kappa shape index (κ2) is 5.51. The quantitative estimate of drug-likeness (QED) is 0.749. The molecular weight excluding hydrogens is 231 g/mol. The van der Waals surface area contributed by atoms with E-state index in [1.54, 1.807) is 0 Å². The minimum atomic E-state index is -1.44. The zero-order chi connectivity index (χ0) is 12.3. The summed E-state index contributed by atoms with van der Waals surface area (Å²) in [6.45, 7) is 1.45. The molecule has 1 aromatic carbocycles. The zero-order valence-corrected chi connectivity index (χ0v) is 9.26. The molecule has 2 rings (SSSR count). The molecule has 0 aliphatic carbocycles. The Morgan fingerprint density at radius 1 is 1.12 bits per heavy atom. The summed E-state index contributed by atoms with van der Waals surface area (Å²) in [5.74, 6) is -3.78. The molecule has 93 valence electrons. The molecule has 17 heavy (non-hydrogen) atoms. The van der Waals surface area contributed by atoms with E-state index < -0.39 is 17.5 Å². The van der Waals surface area contributed by atoms with Gasteiger partial charge in [0.25, 0.3) is 0 Å². The normalized spacial score (nSPS) is 17.4. The van der Waals surface area contributed by atoms with Gasteiger partial charge in [-0.3, -0.25) is 0 Å². The molecule has 0 aromatic heterocycles. The van der Waals surface area contributed by atoms with Crippen LogP contribution in [0.15, 0.2) is 12.1 Å². The Hall–Kier alpha value is -1.07. The molecule has 1 aliphatic rings. The number of piperidine rings is 1. The van der Waals surface area contributed by atoms with Gasteiger partial charge >= 0.3 is 0 Å². The summed E-state index contributed by atoms with van der Waals surface area (Å²) in [5, 5.41) is 4.16. The van der Waals surface area contributed by atoms with Crippen LogP contribution in [0.25, 0.3) is 0 Å². The fourth-order valence-corrected chi connectivity index (χ4v) is 1.78. The van der Waals surface area contributed by atoms with E-state index in [1.807, 2.05) is 0 Å². The van der Waals surface area contributed by atoms with Crippen molar-refractivity contribution >= 4 is 0 Å². The van der Waals surface area contributed by atoms with E-state index in [2.05, 4.69) is 5.32 Å². The average molecular weight is 244 g/mol. The molecule has 1 radical (unpaired) electrons. The zero-order valence-electron chi connectivity index (χ0n) is 9.26. The van der Waals surface area contributed by atoms with Gasteiger partial charge < -0.3 is 4.74 Å². The van der Waals surface area contributed by atoms with Crippen molar-refractivity contribution in [2.24, 2.45) is 0 Å². The SMILES string of the molecule is Fc1ccc(COC2CC[N]CC2)c(F)c1F. The number of halogens is 3. The maximum Gasteiger partial charge on any atom is 0.194 e. The molecule has 1 saturated heterocycles. The van der Waals surface area contributed by atoms with Crippen LogP contribution in [-0.2, 0) is 11.3 Å². The van der Waals surface area contributed by atoms with Gasteiger partial charge in [0, 0.05) is 18.7 Å².